The number of aliphatic hydroxyl groups is 1. The van der Waals surface area contributed by atoms with Gasteiger partial charge in [-0.25, -0.2) is 0 Å². The van der Waals surface area contributed by atoms with Crippen LogP contribution in [0.2, 0.25) is 0 Å². The summed E-state index contributed by atoms with van der Waals surface area (Å²) in [6.07, 6.45) is 0.857. The van der Waals surface area contributed by atoms with Gasteiger partial charge in [-0.15, -0.1) is 0 Å². The molecule has 2 nitrogen and oxygen atoms in total. The van der Waals surface area contributed by atoms with Crippen molar-refractivity contribution in [1.29, 1.82) is 0 Å². The third-order valence-electron chi connectivity index (χ3n) is 2.26. The van der Waals surface area contributed by atoms with Crippen molar-refractivity contribution in [2.45, 2.75) is 45.4 Å². The fraction of sp³-hybridized carbons (Fsp3) is 1.00. The Hall–Kier alpha value is -0.0800. The first-order valence-corrected chi connectivity index (χ1v) is 4.05. The van der Waals surface area contributed by atoms with Crippen LogP contribution in [0.3, 0.4) is 0 Å². The maximum atomic E-state index is 9.28. The van der Waals surface area contributed by atoms with E-state index in [1.807, 2.05) is 0 Å². The Kier molecular flexibility index (Phi) is 2.32. The van der Waals surface area contributed by atoms with Gasteiger partial charge in [-0.1, -0.05) is 0 Å². The molecule has 0 spiro atoms. The number of hydrogen-bond acceptors (Lipinski definition) is 2. The van der Waals surface area contributed by atoms with Crippen molar-refractivity contribution in [2.75, 3.05) is 6.54 Å². The Labute approximate surface area is 62.8 Å². The first-order valence-electron chi connectivity index (χ1n) is 4.05. The summed E-state index contributed by atoms with van der Waals surface area (Å²) in [6, 6.07) is 1.14. The molecule has 0 radical (unpaired) electrons. The molecule has 1 unspecified atom stereocenters. The van der Waals surface area contributed by atoms with Crippen molar-refractivity contribution < 1.29 is 5.11 Å². The molecule has 1 heterocycles. The molecule has 0 aromatic carbocycles. The normalized spacial score (nSPS) is 35.7. The van der Waals surface area contributed by atoms with Crippen LogP contribution in [0.25, 0.3) is 0 Å². The van der Waals surface area contributed by atoms with Crippen LogP contribution in [0.1, 0.15) is 27.2 Å². The van der Waals surface area contributed by atoms with Crippen LogP contribution < -0.4 is 0 Å². The van der Waals surface area contributed by atoms with E-state index in [-0.39, 0.29) is 6.10 Å². The average Bonchev–Trinajstić information content (AvgIpc) is 2.10. The maximum absolute atomic E-state index is 9.28. The number of nitrogens with zero attached hydrogens (tertiary/aromatic N) is 1. The van der Waals surface area contributed by atoms with E-state index >= 15 is 0 Å². The lowest BCUT2D eigenvalue weighted by molar-refractivity contribution is 0.161. The number of aliphatic hydroxyl groups excluding tert-OH is 1. The minimum Gasteiger partial charge on any atom is -0.392 e. The quantitative estimate of drug-likeness (QED) is 0.588. The van der Waals surface area contributed by atoms with Crippen molar-refractivity contribution in [3.63, 3.8) is 0 Å². The lowest BCUT2D eigenvalue weighted by Gasteiger charge is -2.24. The number of rotatable bonds is 1. The van der Waals surface area contributed by atoms with Gasteiger partial charge >= 0.3 is 0 Å². The van der Waals surface area contributed by atoms with E-state index in [2.05, 4.69) is 25.7 Å². The van der Waals surface area contributed by atoms with Gasteiger partial charge in [0.1, 0.15) is 0 Å². The summed E-state index contributed by atoms with van der Waals surface area (Å²) >= 11 is 0. The van der Waals surface area contributed by atoms with Crippen LogP contribution in [-0.4, -0.2) is 34.7 Å². The zero-order chi connectivity index (χ0) is 7.72. The predicted octanol–water partition coefficient (Wildman–Crippen LogP) is 0.850. The molecule has 0 aromatic heterocycles. The second kappa shape index (κ2) is 2.89. The largest absolute Gasteiger partial charge is 0.392 e. The Morgan fingerprint density at radius 1 is 1.50 bits per heavy atom. The molecule has 10 heavy (non-hydrogen) atoms. The van der Waals surface area contributed by atoms with E-state index in [0.29, 0.717) is 12.1 Å². The summed E-state index contributed by atoms with van der Waals surface area (Å²) in [6.45, 7) is 7.39. The maximum Gasteiger partial charge on any atom is 0.0682 e. The first-order chi connectivity index (χ1) is 4.61. The second-order valence-electron chi connectivity index (χ2n) is 3.53. The van der Waals surface area contributed by atoms with Gasteiger partial charge in [0.2, 0.25) is 0 Å². The molecule has 0 aromatic rings. The summed E-state index contributed by atoms with van der Waals surface area (Å²) < 4.78 is 0. The van der Waals surface area contributed by atoms with Gasteiger partial charge in [0.15, 0.2) is 0 Å². The van der Waals surface area contributed by atoms with Crippen LogP contribution in [0, 0.1) is 0 Å². The zero-order valence-electron chi connectivity index (χ0n) is 7.04. The predicted molar refractivity (Wildman–Crippen MR) is 41.9 cm³/mol. The van der Waals surface area contributed by atoms with Crippen LogP contribution in [0.5, 0.6) is 0 Å². The second-order valence-corrected chi connectivity index (χ2v) is 3.53. The standard InChI is InChI=1S/C8H17NO/c1-6(2)9-5-8(10)4-7(9)3/h6-8,10H,4-5H2,1-3H3/t7?,8-/m0/s1. The fourth-order valence-corrected chi connectivity index (χ4v) is 1.75. The van der Waals surface area contributed by atoms with E-state index in [9.17, 15) is 5.11 Å². The molecule has 1 fully saturated rings. The van der Waals surface area contributed by atoms with Crippen molar-refractivity contribution in [3.05, 3.63) is 0 Å². The summed E-state index contributed by atoms with van der Waals surface area (Å²) in [7, 11) is 0. The van der Waals surface area contributed by atoms with Crippen molar-refractivity contribution in [3.8, 4) is 0 Å². The number of β-amino-alcohol motifs (C(OH)–C–C–N with tert-alkyl or cyclic N) is 1. The first kappa shape index (κ1) is 8.02. The van der Waals surface area contributed by atoms with Gasteiger partial charge in [0, 0.05) is 18.6 Å². The van der Waals surface area contributed by atoms with Crippen LogP contribution in [-0.2, 0) is 0 Å². The molecule has 0 saturated carbocycles. The van der Waals surface area contributed by atoms with Crippen molar-refractivity contribution in [1.82, 2.24) is 4.90 Å². The zero-order valence-corrected chi connectivity index (χ0v) is 7.04. The molecular weight excluding hydrogens is 126 g/mol. The van der Waals surface area contributed by atoms with Gasteiger partial charge in [0.05, 0.1) is 6.10 Å². The molecule has 0 aliphatic carbocycles. The molecule has 1 N–H and O–H groups in total. The Morgan fingerprint density at radius 2 is 2.10 bits per heavy atom. The Bertz CT molecular complexity index is 114. The highest BCUT2D eigenvalue weighted by Crippen LogP contribution is 2.19. The molecular formula is C8H17NO. The lowest BCUT2D eigenvalue weighted by Crippen LogP contribution is -2.34. The molecule has 60 valence electrons. The van der Waals surface area contributed by atoms with Crippen LogP contribution in [0.15, 0.2) is 0 Å². The summed E-state index contributed by atoms with van der Waals surface area (Å²) in [5, 5.41) is 9.28. The molecule has 1 aliphatic heterocycles. The highest BCUT2D eigenvalue weighted by atomic mass is 16.3. The molecule has 0 amide bonds. The topological polar surface area (TPSA) is 23.5 Å². The van der Waals surface area contributed by atoms with Crippen LogP contribution >= 0.6 is 0 Å². The van der Waals surface area contributed by atoms with E-state index in [0.717, 1.165) is 13.0 Å². The number of likely N-dealkylation sites (tertiary alicyclic amines) is 1. The minimum atomic E-state index is -0.0857. The highest BCUT2D eigenvalue weighted by Gasteiger charge is 2.28. The van der Waals surface area contributed by atoms with E-state index in [4.69, 9.17) is 0 Å². The summed E-state index contributed by atoms with van der Waals surface area (Å²) in [4.78, 5) is 2.34. The van der Waals surface area contributed by atoms with E-state index in [1.54, 1.807) is 0 Å². The highest BCUT2D eigenvalue weighted by molar-refractivity contribution is 4.83. The van der Waals surface area contributed by atoms with Gasteiger partial charge in [-0.3, -0.25) is 4.90 Å². The Balaban J connectivity index is 2.46. The molecule has 1 aliphatic rings. The molecule has 1 rings (SSSR count). The molecule has 1 saturated heterocycles. The monoisotopic (exact) mass is 143 g/mol. The van der Waals surface area contributed by atoms with Crippen LogP contribution in [0.4, 0.5) is 0 Å². The Morgan fingerprint density at radius 3 is 2.30 bits per heavy atom. The third-order valence-corrected chi connectivity index (χ3v) is 2.26. The SMILES string of the molecule is CC(C)N1C[C@@H](O)CC1C. The smallest absolute Gasteiger partial charge is 0.0682 e. The third kappa shape index (κ3) is 1.50. The van der Waals surface area contributed by atoms with Crippen molar-refractivity contribution >= 4 is 0 Å². The molecule has 0 bridgehead atoms. The van der Waals surface area contributed by atoms with E-state index < -0.39 is 0 Å². The van der Waals surface area contributed by atoms with Gasteiger partial charge in [-0.2, -0.15) is 0 Å². The minimum absolute atomic E-state index is 0.0857. The summed E-state index contributed by atoms with van der Waals surface area (Å²) in [5.74, 6) is 0. The molecule has 2 heteroatoms. The molecule has 2 atom stereocenters. The van der Waals surface area contributed by atoms with E-state index in [1.165, 1.54) is 0 Å². The number of hydrogen-bond donors (Lipinski definition) is 1. The lowest BCUT2D eigenvalue weighted by atomic mass is 10.2. The summed E-state index contributed by atoms with van der Waals surface area (Å²) in [5.41, 5.74) is 0. The van der Waals surface area contributed by atoms with Gasteiger partial charge in [-0.05, 0) is 27.2 Å². The van der Waals surface area contributed by atoms with Crippen molar-refractivity contribution in [2.24, 2.45) is 0 Å². The average molecular weight is 143 g/mol. The van der Waals surface area contributed by atoms with Gasteiger partial charge in [0.25, 0.3) is 0 Å². The fourth-order valence-electron chi connectivity index (χ4n) is 1.75. The van der Waals surface area contributed by atoms with Gasteiger partial charge < -0.3 is 5.11 Å².